The summed E-state index contributed by atoms with van der Waals surface area (Å²) in [5.74, 6) is 1.75. The predicted molar refractivity (Wildman–Crippen MR) is 124 cm³/mol. The van der Waals surface area contributed by atoms with Crippen molar-refractivity contribution in [3.05, 3.63) is 115 Å². The van der Waals surface area contributed by atoms with Gasteiger partial charge in [0.1, 0.15) is 11.5 Å². The first-order valence-electron chi connectivity index (χ1n) is 9.37. The van der Waals surface area contributed by atoms with Crippen LogP contribution in [0.25, 0.3) is 0 Å². The van der Waals surface area contributed by atoms with Crippen LogP contribution in [-0.2, 0) is 0 Å². The van der Waals surface area contributed by atoms with Gasteiger partial charge in [0.05, 0.1) is 0 Å². The summed E-state index contributed by atoms with van der Waals surface area (Å²) >= 11 is 0. The maximum Gasteiger partial charge on any atom is 0.135 e. The molecule has 0 amide bonds. The molecule has 0 heterocycles. The molecule has 0 radical (unpaired) electrons. The van der Waals surface area contributed by atoms with Crippen LogP contribution in [0.1, 0.15) is 5.56 Å². The van der Waals surface area contributed by atoms with Crippen molar-refractivity contribution in [3.63, 3.8) is 0 Å². The van der Waals surface area contributed by atoms with Gasteiger partial charge in [0.2, 0.25) is 0 Å². The zero-order valence-corrected chi connectivity index (χ0v) is 16.8. The van der Waals surface area contributed by atoms with Gasteiger partial charge in [-0.05, 0) is 42.1 Å². The van der Waals surface area contributed by atoms with Crippen LogP contribution >= 0.6 is 6.89 Å². The summed E-state index contributed by atoms with van der Waals surface area (Å²) in [7, 11) is 0. The molecular weight excluding hydrogens is 359 g/mol. The maximum atomic E-state index is 6.42. The Morgan fingerprint density at radius 1 is 0.571 bits per heavy atom. The molecule has 2 heteroatoms. The van der Waals surface area contributed by atoms with E-state index in [1.54, 1.807) is 0 Å². The molecule has 1 nitrogen and oxygen atoms in total. The van der Waals surface area contributed by atoms with Crippen LogP contribution in [0, 0.1) is 6.92 Å². The second kappa shape index (κ2) is 7.92. The normalized spacial score (nSPS) is 11.2. The van der Waals surface area contributed by atoms with Crippen molar-refractivity contribution in [1.29, 1.82) is 0 Å². The van der Waals surface area contributed by atoms with Crippen LogP contribution in [-0.4, -0.2) is 6.30 Å². The van der Waals surface area contributed by atoms with Gasteiger partial charge in [-0.1, -0.05) is 103 Å². The lowest BCUT2D eigenvalue weighted by atomic mass is 10.2. The third-order valence-corrected chi connectivity index (χ3v) is 8.54. The SMILES string of the molecule is C=P(c1ccccc1)(c1ccccc1)c1ccccc1Oc1ccccc1C. The van der Waals surface area contributed by atoms with Crippen LogP contribution in [0.3, 0.4) is 0 Å². The summed E-state index contributed by atoms with van der Waals surface area (Å²) in [6, 6.07) is 37.6. The monoisotopic (exact) mass is 382 g/mol. The lowest BCUT2D eigenvalue weighted by Gasteiger charge is -2.28. The second-order valence-corrected chi connectivity index (χ2v) is 9.95. The number of aryl methyl sites for hydroxylation is 1. The topological polar surface area (TPSA) is 9.23 Å². The van der Waals surface area contributed by atoms with E-state index in [0.717, 1.165) is 22.4 Å². The first-order valence-corrected chi connectivity index (χ1v) is 11.3. The molecule has 138 valence electrons. The van der Waals surface area contributed by atoms with Gasteiger partial charge in [-0.3, -0.25) is 0 Å². The Balaban J connectivity index is 1.92. The van der Waals surface area contributed by atoms with Gasteiger partial charge in [0, 0.05) is 5.30 Å². The number of benzene rings is 4. The van der Waals surface area contributed by atoms with Crippen LogP contribution in [0.4, 0.5) is 0 Å². The lowest BCUT2D eigenvalue weighted by molar-refractivity contribution is 0.483. The average molecular weight is 382 g/mol. The molecule has 0 aromatic heterocycles. The molecule has 0 fully saturated rings. The largest absolute Gasteiger partial charge is 0.456 e. The van der Waals surface area contributed by atoms with E-state index in [1.807, 2.05) is 30.3 Å². The summed E-state index contributed by atoms with van der Waals surface area (Å²) in [6.45, 7) is -0.0228. The van der Waals surface area contributed by atoms with Gasteiger partial charge in [0.25, 0.3) is 0 Å². The molecular formula is C26H23OP. The molecule has 4 aromatic carbocycles. The van der Waals surface area contributed by atoms with Crippen molar-refractivity contribution in [2.24, 2.45) is 0 Å². The van der Waals surface area contributed by atoms with Crippen molar-refractivity contribution < 1.29 is 4.74 Å². The Morgan fingerprint density at radius 3 is 1.61 bits per heavy atom. The van der Waals surface area contributed by atoms with E-state index >= 15 is 0 Å². The highest BCUT2D eigenvalue weighted by molar-refractivity contribution is 7.93. The highest BCUT2D eigenvalue weighted by atomic mass is 31.2. The molecule has 4 aromatic rings. The highest BCUT2D eigenvalue weighted by Gasteiger charge is 2.25. The minimum Gasteiger partial charge on any atom is -0.456 e. The summed E-state index contributed by atoms with van der Waals surface area (Å²) < 4.78 is 6.42. The number of hydrogen-bond donors (Lipinski definition) is 0. The molecule has 0 aliphatic rings. The van der Waals surface area contributed by atoms with Crippen LogP contribution in [0.15, 0.2) is 109 Å². The zero-order chi connectivity index (χ0) is 19.4. The average Bonchev–Trinajstić information content (AvgIpc) is 2.76. The predicted octanol–water partition coefficient (Wildman–Crippen LogP) is 5.51. The summed E-state index contributed by atoms with van der Waals surface area (Å²) in [5.41, 5.74) is 1.12. The molecule has 0 aliphatic heterocycles. The zero-order valence-electron chi connectivity index (χ0n) is 16.0. The summed E-state index contributed by atoms with van der Waals surface area (Å²) in [4.78, 5) is 0. The van der Waals surface area contributed by atoms with Crippen LogP contribution in [0.5, 0.6) is 11.5 Å². The van der Waals surface area contributed by atoms with E-state index in [2.05, 4.69) is 85.8 Å². The Labute approximate surface area is 167 Å². The Morgan fingerprint density at radius 2 is 1.04 bits per heavy atom. The van der Waals surface area contributed by atoms with Crippen LogP contribution in [0.2, 0.25) is 0 Å². The van der Waals surface area contributed by atoms with Gasteiger partial charge < -0.3 is 4.74 Å². The summed E-state index contributed by atoms with van der Waals surface area (Å²) in [6.07, 6.45) is 4.84. The van der Waals surface area contributed by atoms with Gasteiger partial charge >= 0.3 is 0 Å². The standard InChI is InChI=1S/C26H23OP/c1-21-13-9-10-18-24(21)27-25-19-11-12-20-26(25)28(2,22-14-5-3-6-15-22)23-16-7-4-8-17-23/h3-20H,2H2,1H3. The number of ether oxygens (including phenoxy) is 1. The highest BCUT2D eigenvalue weighted by Crippen LogP contribution is 2.45. The van der Waals surface area contributed by atoms with Crippen LogP contribution < -0.4 is 20.7 Å². The van der Waals surface area contributed by atoms with Gasteiger partial charge in [0.15, 0.2) is 0 Å². The Hall–Kier alpha value is -3.02. The van der Waals surface area contributed by atoms with Crippen molar-refractivity contribution >= 4 is 29.1 Å². The van der Waals surface area contributed by atoms with Crippen molar-refractivity contribution in [2.75, 3.05) is 0 Å². The van der Waals surface area contributed by atoms with E-state index < -0.39 is 6.89 Å². The fourth-order valence-corrected chi connectivity index (χ4v) is 6.49. The molecule has 0 saturated carbocycles. The van der Waals surface area contributed by atoms with E-state index in [4.69, 9.17) is 11.0 Å². The maximum absolute atomic E-state index is 6.42. The van der Waals surface area contributed by atoms with E-state index in [1.165, 1.54) is 10.6 Å². The van der Waals surface area contributed by atoms with Gasteiger partial charge in [-0.2, -0.15) is 0 Å². The molecule has 0 N–H and O–H groups in total. The Kier molecular flexibility index (Phi) is 5.19. The first kappa shape index (κ1) is 18.3. The molecule has 0 saturated heterocycles. The van der Waals surface area contributed by atoms with Crippen molar-refractivity contribution in [3.8, 4) is 11.5 Å². The number of hydrogen-bond acceptors (Lipinski definition) is 1. The van der Waals surface area contributed by atoms with E-state index in [0.29, 0.717) is 0 Å². The van der Waals surface area contributed by atoms with Gasteiger partial charge in [-0.15, -0.1) is 0 Å². The van der Waals surface area contributed by atoms with Crippen molar-refractivity contribution in [1.82, 2.24) is 0 Å². The number of rotatable bonds is 5. The third-order valence-electron chi connectivity index (χ3n) is 4.98. The minimum atomic E-state index is -2.09. The third kappa shape index (κ3) is 3.42. The molecule has 4 rings (SSSR count). The smallest absolute Gasteiger partial charge is 0.135 e. The van der Waals surface area contributed by atoms with Gasteiger partial charge in [-0.25, -0.2) is 0 Å². The minimum absolute atomic E-state index is 0.868. The quantitative estimate of drug-likeness (QED) is 0.413. The summed E-state index contributed by atoms with van der Waals surface area (Å²) in [5, 5.41) is 3.62. The lowest BCUT2D eigenvalue weighted by Crippen LogP contribution is -2.26. The molecule has 0 atom stereocenters. The molecule has 0 aliphatic carbocycles. The Bertz CT molecular complexity index is 1070. The molecule has 0 spiro atoms. The number of para-hydroxylation sites is 2. The molecule has 0 unspecified atom stereocenters. The fourth-order valence-electron chi connectivity index (χ4n) is 3.44. The molecule has 0 bridgehead atoms. The molecule has 28 heavy (non-hydrogen) atoms. The second-order valence-electron chi connectivity index (χ2n) is 6.82. The fraction of sp³-hybridized carbons (Fsp3) is 0.0385. The first-order chi connectivity index (χ1) is 13.7. The van der Waals surface area contributed by atoms with E-state index in [-0.39, 0.29) is 0 Å². The van der Waals surface area contributed by atoms with Crippen molar-refractivity contribution in [2.45, 2.75) is 6.92 Å². The van der Waals surface area contributed by atoms with E-state index in [9.17, 15) is 0 Å².